The molecule has 0 aliphatic heterocycles. The van der Waals surface area contributed by atoms with Crippen molar-refractivity contribution in [3.8, 4) is 0 Å². The van der Waals surface area contributed by atoms with Gasteiger partial charge in [-0.3, -0.25) is 19.5 Å². The Balaban J connectivity index is 2.03. The second-order valence-corrected chi connectivity index (χ2v) is 6.65. The topological polar surface area (TPSA) is 117 Å². The largest absolute Gasteiger partial charge is 0.480 e. The number of aliphatic carboxylic acids is 1. The van der Waals surface area contributed by atoms with Gasteiger partial charge in [0.25, 0.3) is 5.91 Å². The van der Waals surface area contributed by atoms with Crippen molar-refractivity contribution in [1.29, 1.82) is 0 Å². The summed E-state index contributed by atoms with van der Waals surface area (Å²) in [5, 5.41) is 16.1. The van der Waals surface area contributed by atoms with Crippen LogP contribution >= 0.6 is 23.1 Å². The van der Waals surface area contributed by atoms with Crippen LogP contribution in [0.2, 0.25) is 0 Å². The smallest absolute Gasteiger partial charge is 0.322 e. The number of thiophene rings is 1. The maximum absolute atomic E-state index is 12.3. The van der Waals surface area contributed by atoms with E-state index in [2.05, 4.69) is 15.4 Å². The number of fused-ring (bicyclic) bond motifs is 1. The van der Waals surface area contributed by atoms with Crippen molar-refractivity contribution in [2.45, 2.75) is 9.24 Å². The predicted molar refractivity (Wildman–Crippen MR) is 84.2 cm³/mol. The molecule has 23 heavy (non-hydrogen) atoms. The highest BCUT2D eigenvalue weighted by atomic mass is 32.2. The van der Waals surface area contributed by atoms with E-state index in [1.807, 2.05) is 17.5 Å². The quantitative estimate of drug-likeness (QED) is 0.633. The van der Waals surface area contributed by atoms with E-state index >= 15 is 0 Å². The summed E-state index contributed by atoms with van der Waals surface area (Å²) in [5.74, 6) is -1.96. The molecule has 0 aliphatic rings. The molecule has 3 rings (SSSR count). The van der Waals surface area contributed by atoms with Gasteiger partial charge in [-0.25, -0.2) is 9.50 Å². The minimum absolute atomic E-state index is 0.152. The highest BCUT2D eigenvalue weighted by Gasteiger charge is 2.20. The molecule has 0 bridgehead atoms. The monoisotopic (exact) mass is 350 g/mol. The molecule has 3 N–H and O–H groups in total. The lowest BCUT2D eigenvalue weighted by Crippen LogP contribution is -2.33. The summed E-state index contributed by atoms with van der Waals surface area (Å²) in [5.41, 5.74) is -0.554. The molecule has 8 nitrogen and oxygen atoms in total. The van der Waals surface area contributed by atoms with Crippen LogP contribution in [0.25, 0.3) is 5.65 Å². The van der Waals surface area contributed by atoms with E-state index in [0.717, 1.165) is 4.21 Å². The van der Waals surface area contributed by atoms with E-state index in [0.29, 0.717) is 5.03 Å². The average molecular weight is 350 g/mol. The Morgan fingerprint density at radius 1 is 1.48 bits per heavy atom. The van der Waals surface area contributed by atoms with Gasteiger partial charge in [0.1, 0.15) is 23.5 Å². The Kier molecular flexibility index (Phi) is 4.17. The molecule has 0 atom stereocenters. The molecule has 118 valence electrons. The molecule has 0 unspecified atom stereocenters. The third kappa shape index (κ3) is 3.12. The van der Waals surface area contributed by atoms with Crippen LogP contribution in [-0.4, -0.2) is 38.1 Å². The van der Waals surface area contributed by atoms with Gasteiger partial charge in [0.15, 0.2) is 11.1 Å². The summed E-state index contributed by atoms with van der Waals surface area (Å²) >= 11 is 2.89. The van der Waals surface area contributed by atoms with Crippen LogP contribution in [0.4, 0.5) is 0 Å². The number of carbonyl (C=O) groups excluding carboxylic acids is 1. The summed E-state index contributed by atoms with van der Waals surface area (Å²) in [7, 11) is 0. The fourth-order valence-electron chi connectivity index (χ4n) is 1.93. The highest BCUT2D eigenvalue weighted by molar-refractivity contribution is 8.01. The first-order valence-electron chi connectivity index (χ1n) is 6.37. The van der Waals surface area contributed by atoms with Gasteiger partial charge in [-0.15, -0.1) is 11.3 Å². The van der Waals surface area contributed by atoms with Gasteiger partial charge in [0.05, 0.1) is 4.21 Å². The number of hydrogen-bond donors (Lipinski definition) is 3. The number of rotatable bonds is 5. The zero-order valence-corrected chi connectivity index (χ0v) is 13.1. The lowest BCUT2D eigenvalue weighted by atomic mass is 10.2. The fourth-order valence-corrected chi connectivity index (χ4v) is 3.74. The molecule has 0 aromatic carbocycles. The van der Waals surface area contributed by atoms with Crippen molar-refractivity contribution in [2.75, 3.05) is 6.54 Å². The second kappa shape index (κ2) is 6.26. The van der Waals surface area contributed by atoms with Crippen LogP contribution in [0.15, 0.2) is 43.9 Å². The molecule has 0 radical (unpaired) electrons. The first kappa shape index (κ1) is 15.3. The van der Waals surface area contributed by atoms with E-state index in [9.17, 15) is 14.4 Å². The number of nitrogens with zero attached hydrogens (tertiary/aromatic N) is 2. The standard InChI is InChI=1S/C13H10N4O4S2/c18-7-4-8(23-10-2-1-3-22-10)17-12(15-6-16-17)11(7)13(21)14-5-9(19)20/h1-4,6H,5H2,(H,14,21)(H,15,16)(H,19,20). The molecule has 0 aliphatic carbocycles. The third-order valence-corrected chi connectivity index (χ3v) is 4.91. The maximum atomic E-state index is 12.3. The molecule has 0 fully saturated rings. The fraction of sp³-hybridized carbons (Fsp3) is 0.0769. The first-order chi connectivity index (χ1) is 11.1. The minimum atomic E-state index is -1.19. The number of hydrogen-bond acceptors (Lipinski definition) is 6. The Hall–Kier alpha value is -2.59. The maximum Gasteiger partial charge on any atom is 0.322 e. The van der Waals surface area contributed by atoms with Crippen LogP contribution in [0.1, 0.15) is 10.4 Å². The van der Waals surface area contributed by atoms with Gasteiger partial charge in [0, 0.05) is 6.07 Å². The molecule has 1 amide bonds. The third-order valence-electron chi connectivity index (χ3n) is 2.86. The lowest BCUT2D eigenvalue weighted by molar-refractivity contribution is -0.135. The number of carboxylic acid groups (broad SMARTS) is 1. The zero-order chi connectivity index (χ0) is 16.4. The van der Waals surface area contributed by atoms with Crippen LogP contribution in [0.3, 0.4) is 0 Å². The number of carboxylic acids is 1. The summed E-state index contributed by atoms with van der Waals surface area (Å²) in [6, 6.07) is 5.13. The molecular weight excluding hydrogens is 340 g/mol. The molecule has 3 heterocycles. The summed E-state index contributed by atoms with van der Waals surface area (Å²) in [4.78, 5) is 38.9. The summed E-state index contributed by atoms with van der Waals surface area (Å²) in [6.07, 6.45) is 1.36. The van der Waals surface area contributed by atoms with Gasteiger partial charge >= 0.3 is 5.97 Å². The molecular formula is C13H10N4O4S2. The molecule has 3 aromatic rings. The molecule has 3 aromatic heterocycles. The van der Waals surface area contributed by atoms with Gasteiger partial charge < -0.3 is 10.4 Å². The van der Waals surface area contributed by atoms with E-state index in [1.54, 1.807) is 0 Å². The van der Waals surface area contributed by atoms with E-state index < -0.39 is 23.9 Å². The van der Waals surface area contributed by atoms with E-state index in [4.69, 9.17) is 5.11 Å². The van der Waals surface area contributed by atoms with Crippen LogP contribution in [0.5, 0.6) is 0 Å². The number of aromatic nitrogens is 3. The first-order valence-corrected chi connectivity index (χ1v) is 8.06. The summed E-state index contributed by atoms with van der Waals surface area (Å²) in [6.45, 7) is -0.569. The number of amides is 1. The van der Waals surface area contributed by atoms with E-state index in [1.165, 1.54) is 40.0 Å². The molecule has 0 saturated carbocycles. The minimum Gasteiger partial charge on any atom is -0.480 e. The molecule has 0 saturated heterocycles. The SMILES string of the molecule is O=C(O)CNC(=O)c1c(=O)cc(Sc2cccs2)n2[nH]cnc12. The molecule has 0 spiro atoms. The number of pyridine rings is 1. The normalized spacial score (nSPS) is 10.8. The van der Waals surface area contributed by atoms with Crippen LogP contribution < -0.4 is 10.7 Å². The van der Waals surface area contributed by atoms with Crippen LogP contribution in [0, 0.1) is 0 Å². The van der Waals surface area contributed by atoms with Crippen molar-refractivity contribution >= 4 is 40.6 Å². The van der Waals surface area contributed by atoms with Crippen molar-refractivity contribution in [3.05, 3.63) is 45.7 Å². The number of nitrogens with one attached hydrogen (secondary N) is 2. The van der Waals surface area contributed by atoms with Crippen molar-refractivity contribution in [1.82, 2.24) is 19.9 Å². The molecule has 10 heteroatoms. The van der Waals surface area contributed by atoms with Crippen molar-refractivity contribution in [3.63, 3.8) is 0 Å². The van der Waals surface area contributed by atoms with Gasteiger partial charge in [-0.05, 0) is 11.4 Å². The Bertz CT molecular complexity index is 929. The lowest BCUT2D eigenvalue weighted by Gasteiger charge is -2.07. The summed E-state index contributed by atoms with van der Waals surface area (Å²) < 4.78 is 2.50. The predicted octanol–water partition coefficient (Wildman–Crippen LogP) is 1.05. The van der Waals surface area contributed by atoms with Crippen LogP contribution in [-0.2, 0) is 4.79 Å². The Labute approximate surface area is 137 Å². The van der Waals surface area contributed by atoms with E-state index in [-0.39, 0.29) is 11.2 Å². The van der Waals surface area contributed by atoms with Gasteiger partial charge in [-0.1, -0.05) is 17.8 Å². The van der Waals surface area contributed by atoms with Gasteiger partial charge in [0.2, 0.25) is 0 Å². The number of aromatic amines is 1. The average Bonchev–Trinajstić information content (AvgIpc) is 3.16. The Morgan fingerprint density at radius 2 is 2.30 bits per heavy atom. The second-order valence-electron chi connectivity index (χ2n) is 4.38. The highest BCUT2D eigenvalue weighted by Crippen LogP contribution is 2.30. The number of carbonyl (C=O) groups is 2. The van der Waals surface area contributed by atoms with Crippen molar-refractivity contribution < 1.29 is 14.7 Å². The van der Waals surface area contributed by atoms with Gasteiger partial charge in [-0.2, -0.15) is 0 Å². The van der Waals surface area contributed by atoms with Crippen molar-refractivity contribution in [2.24, 2.45) is 0 Å². The Morgan fingerprint density at radius 3 is 3.00 bits per heavy atom. The number of H-pyrrole nitrogens is 1. The zero-order valence-electron chi connectivity index (χ0n) is 11.5.